The number of hydrogen-bond acceptors (Lipinski definition) is 6. The van der Waals surface area contributed by atoms with Crippen molar-refractivity contribution in [3.05, 3.63) is 59.2 Å². The van der Waals surface area contributed by atoms with Crippen LogP contribution in [0.2, 0.25) is 0 Å². The van der Waals surface area contributed by atoms with Crippen molar-refractivity contribution in [3.63, 3.8) is 0 Å². The molecule has 1 atom stereocenters. The standard InChI is InChI=1S/C21H22FN7S/c1-3-25-21(30)29-19-5-4-17-20(28-19)27-18(12-26-17)15(9-23)11-24-10-14-6-13(2)7-16(22)8-14/h4-9,11-12,15,23H,3,10H2,1-2H3,(H2,25,27,28,29,30). The van der Waals surface area contributed by atoms with Crippen molar-refractivity contribution in [1.29, 1.82) is 5.41 Å². The Morgan fingerprint density at radius 1 is 1.30 bits per heavy atom. The maximum atomic E-state index is 13.5. The number of halogens is 1. The quantitative estimate of drug-likeness (QED) is 0.395. The Hall–Kier alpha value is -3.33. The van der Waals surface area contributed by atoms with Gasteiger partial charge in [-0.1, -0.05) is 6.07 Å². The molecule has 0 aliphatic carbocycles. The van der Waals surface area contributed by atoms with Crippen LogP contribution in [0.15, 0.2) is 41.5 Å². The van der Waals surface area contributed by atoms with Crippen molar-refractivity contribution >= 4 is 46.7 Å². The molecule has 9 heteroatoms. The molecule has 0 aliphatic rings. The molecule has 2 aromatic heterocycles. The summed E-state index contributed by atoms with van der Waals surface area (Å²) in [7, 11) is 0. The summed E-state index contributed by atoms with van der Waals surface area (Å²) in [4.78, 5) is 17.7. The van der Waals surface area contributed by atoms with Gasteiger partial charge < -0.3 is 16.0 Å². The van der Waals surface area contributed by atoms with Crippen LogP contribution in [0.25, 0.3) is 11.2 Å². The number of anilines is 1. The first kappa shape index (κ1) is 21.4. The van der Waals surface area contributed by atoms with Gasteiger partial charge in [-0.15, -0.1) is 0 Å². The van der Waals surface area contributed by atoms with Crippen LogP contribution in [0.5, 0.6) is 0 Å². The van der Waals surface area contributed by atoms with Crippen LogP contribution < -0.4 is 10.6 Å². The normalized spacial score (nSPS) is 12.1. The highest BCUT2D eigenvalue weighted by Gasteiger charge is 2.11. The third-order valence-electron chi connectivity index (χ3n) is 4.17. The highest BCUT2D eigenvalue weighted by molar-refractivity contribution is 7.80. The van der Waals surface area contributed by atoms with Crippen LogP contribution >= 0.6 is 12.2 Å². The summed E-state index contributed by atoms with van der Waals surface area (Å²) in [6.45, 7) is 4.81. The predicted molar refractivity (Wildman–Crippen MR) is 122 cm³/mol. The van der Waals surface area contributed by atoms with Crippen molar-refractivity contribution < 1.29 is 4.39 Å². The minimum atomic E-state index is -0.460. The van der Waals surface area contributed by atoms with Crippen molar-refractivity contribution in [2.45, 2.75) is 26.3 Å². The van der Waals surface area contributed by atoms with Gasteiger partial charge in [0.1, 0.15) is 17.2 Å². The lowest BCUT2D eigenvalue weighted by Gasteiger charge is -2.09. The number of pyridine rings is 1. The molecule has 0 fully saturated rings. The van der Waals surface area contributed by atoms with E-state index in [2.05, 4.69) is 30.6 Å². The van der Waals surface area contributed by atoms with E-state index in [-0.39, 0.29) is 5.82 Å². The zero-order valence-electron chi connectivity index (χ0n) is 16.7. The van der Waals surface area contributed by atoms with Crippen molar-refractivity contribution in [3.8, 4) is 0 Å². The summed E-state index contributed by atoms with van der Waals surface area (Å²) in [6, 6.07) is 8.38. The fraction of sp³-hybridized carbons (Fsp3) is 0.238. The molecule has 1 aromatic carbocycles. The van der Waals surface area contributed by atoms with Crippen LogP contribution in [0.4, 0.5) is 10.2 Å². The molecule has 2 heterocycles. The first-order valence-corrected chi connectivity index (χ1v) is 9.84. The molecule has 0 saturated carbocycles. The molecule has 7 nitrogen and oxygen atoms in total. The van der Waals surface area contributed by atoms with E-state index in [9.17, 15) is 4.39 Å². The van der Waals surface area contributed by atoms with Crippen LogP contribution in [0.3, 0.4) is 0 Å². The Morgan fingerprint density at radius 3 is 2.87 bits per heavy atom. The van der Waals surface area contributed by atoms with Gasteiger partial charge in [-0.2, -0.15) is 0 Å². The van der Waals surface area contributed by atoms with Crippen molar-refractivity contribution in [2.75, 3.05) is 11.9 Å². The van der Waals surface area contributed by atoms with E-state index in [1.54, 1.807) is 24.5 Å². The number of aromatic nitrogens is 3. The predicted octanol–water partition coefficient (Wildman–Crippen LogP) is 3.78. The lowest BCUT2D eigenvalue weighted by Crippen LogP contribution is -2.28. The number of thiocarbonyl (C=S) groups is 1. The second kappa shape index (κ2) is 9.93. The van der Waals surface area contributed by atoms with Gasteiger partial charge in [0.2, 0.25) is 0 Å². The van der Waals surface area contributed by atoms with E-state index >= 15 is 0 Å². The third kappa shape index (κ3) is 5.60. The smallest absolute Gasteiger partial charge is 0.180 e. The molecule has 3 aromatic rings. The largest absolute Gasteiger partial charge is 0.363 e. The van der Waals surface area contributed by atoms with E-state index in [0.29, 0.717) is 40.9 Å². The zero-order chi connectivity index (χ0) is 21.5. The molecule has 0 aliphatic heterocycles. The monoisotopic (exact) mass is 423 g/mol. The molecule has 3 N–H and O–H groups in total. The highest BCUT2D eigenvalue weighted by atomic mass is 32.1. The minimum absolute atomic E-state index is 0.284. The number of nitrogens with zero attached hydrogens (tertiary/aromatic N) is 4. The SMILES string of the molecule is CCNC(=S)Nc1ccc2ncc(C(C=N)C=NCc3cc(C)cc(F)c3)nc2n1. The maximum absolute atomic E-state index is 13.5. The van der Waals surface area contributed by atoms with Crippen LogP contribution in [0.1, 0.15) is 29.7 Å². The van der Waals surface area contributed by atoms with Crippen LogP contribution in [-0.4, -0.2) is 39.0 Å². The fourth-order valence-electron chi connectivity index (χ4n) is 2.84. The first-order chi connectivity index (χ1) is 14.5. The number of nitrogens with one attached hydrogen (secondary N) is 3. The van der Waals surface area contributed by atoms with E-state index in [0.717, 1.165) is 11.1 Å². The van der Waals surface area contributed by atoms with E-state index in [1.165, 1.54) is 18.3 Å². The molecule has 0 saturated heterocycles. The van der Waals surface area contributed by atoms with Gasteiger partial charge in [0.25, 0.3) is 0 Å². The average Bonchev–Trinajstić information content (AvgIpc) is 2.70. The summed E-state index contributed by atoms with van der Waals surface area (Å²) >= 11 is 5.18. The minimum Gasteiger partial charge on any atom is -0.363 e. The molecule has 154 valence electrons. The Balaban J connectivity index is 1.78. The topological polar surface area (TPSA) is 98.9 Å². The Morgan fingerprint density at radius 2 is 2.13 bits per heavy atom. The number of aryl methyl sites for hydroxylation is 1. The number of benzene rings is 1. The summed E-state index contributed by atoms with van der Waals surface area (Å²) in [5, 5.41) is 14.2. The fourth-order valence-corrected chi connectivity index (χ4v) is 3.09. The summed E-state index contributed by atoms with van der Waals surface area (Å²) in [5.74, 6) is -0.187. The number of rotatable bonds is 7. The second-order valence-electron chi connectivity index (χ2n) is 6.64. The van der Waals surface area contributed by atoms with E-state index in [4.69, 9.17) is 17.6 Å². The Labute approximate surface area is 179 Å². The summed E-state index contributed by atoms with van der Waals surface area (Å²) < 4.78 is 13.5. The first-order valence-electron chi connectivity index (χ1n) is 9.43. The van der Waals surface area contributed by atoms with Gasteiger partial charge in [0, 0.05) is 19.0 Å². The zero-order valence-corrected chi connectivity index (χ0v) is 17.5. The molecule has 30 heavy (non-hydrogen) atoms. The van der Waals surface area contributed by atoms with Crippen molar-refractivity contribution in [1.82, 2.24) is 20.3 Å². The average molecular weight is 424 g/mol. The van der Waals surface area contributed by atoms with Gasteiger partial charge in [0.15, 0.2) is 10.8 Å². The highest BCUT2D eigenvalue weighted by Crippen LogP contribution is 2.16. The maximum Gasteiger partial charge on any atom is 0.180 e. The van der Waals surface area contributed by atoms with Crippen LogP contribution in [0, 0.1) is 18.2 Å². The molecule has 3 rings (SSSR count). The van der Waals surface area contributed by atoms with Gasteiger partial charge in [-0.3, -0.25) is 9.98 Å². The van der Waals surface area contributed by atoms with Gasteiger partial charge in [-0.25, -0.2) is 14.4 Å². The Bertz CT molecular complexity index is 1080. The summed E-state index contributed by atoms with van der Waals surface area (Å²) in [5.41, 5.74) is 3.24. The van der Waals surface area contributed by atoms with Gasteiger partial charge in [-0.05, 0) is 61.5 Å². The molecule has 0 radical (unpaired) electrons. The molecule has 0 amide bonds. The molecule has 0 spiro atoms. The number of fused-ring (bicyclic) bond motifs is 1. The van der Waals surface area contributed by atoms with Crippen molar-refractivity contribution in [2.24, 2.45) is 4.99 Å². The number of aliphatic imine (C=N–C) groups is 1. The molecular formula is C21H22FN7S. The van der Waals surface area contributed by atoms with E-state index < -0.39 is 5.92 Å². The number of hydrogen-bond donors (Lipinski definition) is 3. The van der Waals surface area contributed by atoms with E-state index in [1.807, 2.05) is 19.9 Å². The molecular weight excluding hydrogens is 401 g/mol. The summed E-state index contributed by atoms with van der Waals surface area (Å²) in [6.07, 6.45) is 4.46. The lowest BCUT2D eigenvalue weighted by molar-refractivity contribution is 0.624. The van der Waals surface area contributed by atoms with Crippen LogP contribution in [-0.2, 0) is 6.54 Å². The third-order valence-corrected chi connectivity index (χ3v) is 4.41. The lowest BCUT2D eigenvalue weighted by atomic mass is 10.1. The Kier molecular flexibility index (Phi) is 7.08. The van der Waals surface area contributed by atoms with Gasteiger partial charge >= 0.3 is 0 Å². The molecule has 0 bridgehead atoms. The second-order valence-corrected chi connectivity index (χ2v) is 7.05. The van der Waals surface area contributed by atoms with Gasteiger partial charge in [0.05, 0.1) is 24.4 Å². The molecule has 1 unspecified atom stereocenters.